The Kier molecular flexibility index (Phi) is 3.02. The molecule has 1 aliphatic rings. The monoisotopic (exact) mass is 204 g/mol. The second-order valence-corrected chi connectivity index (χ2v) is 3.38. The van der Waals surface area contributed by atoms with Crippen LogP contribution >= 0.6 is 0 Å². The van der Waals surface area contributed by atoms with E-state index in [9.17, 15) is 4.79 Å². The summed E-state index contributed by atoms with van der Waals surface area (Å²) in [5, 5.41) is 0. The van der Waals surface area contributed by atoms with Gasteiger partial charge in [-0.15, -0.1) is 0 Å². The first kappa shape index (κ1) is 9.77. The van der Waals surface area contributed by atoms with Crippen LogP contribution in [0.3, 0.4) is 0 Å². The number of rotatable bonds is 4. The van der Waals surface area contributed by atoms with Gasteiger partial charge in [-0.25, -0.2) is 0 Å². The van der Waals surface area contributed by atoms with Crippen molar-refractivity contribution in [1.82, 2.24) is 0 Å². The average Bonchev–Trinajstić information content (AvgIpc) is 2.71. The zero-order chi connectivity index (χ0) is 10.5. The molecule has 1 aliphatic heterocycles. The van der Waals surface area contributed by atoms with Crippen LogP contribution in [0, 0.1) is 0 Å². The van der Waals surface area contributed by atoms with Crippen molar-refractivity contribution in [2.75, 3.05) is 0 Å². The molecule has 2 rings (SSSR count). The Morgan fingerprint density at radius 2 is 1.80 bits per heavy atom. The first-order valence-electron chi connectivity index (χ1n) is 4.86. The molecule has 0 unspecified atom stereocenters. The third kappa shape index (κ3) is 2.84. The predicted octanol–water partition coefficient (Wildman–Crippen LogP) is 2.03. The lowest BCUT2D eigenvalue weighted by Crippen LogP contribution is -2.15. The van der Waals surface area contributed by atoms with Gasteiger partial charge in [0, 0.05) is 6.42 Å². The Balaban J connectivity index is 1.82. The molecule has 0 aromatic heterocycles. The Morgan fingerprint density at radius 3 is 2.47 bits per heavy atom. The van der Waals surface area contributed by atoms with Crippen LogP contribution in [-0.2, 0) is 20.7 Å². The van der Waals surface area contributed by atoms with Crippen LogP contribution in [0.4, 0.5) is 0 Å². The van der Waals surface area contributed by atoms with Gasteiger partial charge in [0.25, 0.3) is 0 Å². The van der Waals surface area contributed by atoms with E-state index in [1.54, 1.807) is 0 Å². The molecule has 0 fully saturated rings. The van der Waals surface area contributed by atoms with Crippen molar-refractivity contribution in [2.24, 2.45) is 0 Å². The molecule has 0 amide bonds. The Bertz CT molecular complexity index is 348. The number of ether oxygens (including phenoxy) is 2. The molecule has 3 nitrogen and oxygen atoms in total. The topological polar surface area (TPSA) is 35.5 Å². The van der Waals surface area contributed by atoms with Crippen LogP contribution in [0.25, 0.3) is 0 Å². The number of hydrogen-bond donors (Lipinski definition) is 0. The van der Waals surface area contributed by atoms with Gasteiger partial charge in [0.05, 0.1) is 6.42 Å². The molecule has 0 saturated carbocycles. The van der Waals surface area contributed by atoms with Gasteiger partial charge in [0.1, 0.15) is 18.3 Å². The number of ketones is 1. The van der Waals surface area contributed by atoms with Gasteiger partial charge in [-0.2, -0.15) is 0 Å². The number of hydrogen-bond acceptors (Lipinski definition) is 3. The van der Waals surface area contributed by atoms with Crippen molar-refractivity contribution in [3.8, 4) is 0 Å². The Morgan fingerprint density at radius 1 is 1.13 bits per heavy atom. The minimum Gasteiger partial charge on any atom is -0.459 e. The van der Waals surface area contributed by atoms with Gasteiger partial charge >= 0.3 is 0 Å². The molecular formula is C12H12O3. The third-order valence-electron chi connectivity index (χ3n) is 2.15. The summed E-state index contributed by atoms with van der Waals surface area (Å²) in [7, 11) is 0. The quantitative estimate of drug-likeness (QED) is 0.752. The van der Waals surface area contributed by atoms with E-state index in [-0.39, 0.29) is 5.78 Å². The van der Waals surface area contributed by atoms with Crippen molar-refractivity contribution >= 4 is 5.78 Å². The van der Waals surface area contributed by atoms with Gasteiger partial charge in [0.2, 0.25) is 6.29 Å². The fourth-order valence-corrected chi connectivity index (χ4v) is 1.45. The summed E-state index contributed by atoms with van der Waals surface area (Å²) in [5.41, 5.74) is 1.02. The lowest BCUT2D eigenvalue weighted by molar-refractivity contribution is -0.125. The summed E-state index contributed by atoms with van der Waals surface area (Å²) in [6.45, 7) is 0. The molecule has 15 heavy (non-hydrogen) atoms. The molecular weight excluding hydrogens is 192 g/mol. The second kappa shape index (κ2) is 4.64. The van der Waals surface area contributed by atoms with E-state index in [2.05, 4.69) is 0 Å². The van der Waals surface area contributed by atoms with Crippen molar-refractivity contribution in [3.05, 3.63) is 48.4 Å². The highest BCUT2D eigenvalue weighted by Gasteiger charge is 2.17. The number of benzene rings is 1. The summed E-state index contributed by atoms with van der Waals surface area (Å²) in [4.78, 5) is 11.6. The maximum absolute atomic E-state index is 11.6. The van der Waals surface area contributed by atoms with E-state index in [0.29, 0.717) is 12.8 Å². The molecule has 0 N–H and O–H groups in total. The third-order valence-corrected chi connectivity index (χ3v) is 2.15. The molecule has 0 aliphatic carbocycles. The zero-order valence-electron chi connectivity index (χ0n) is 8.26. The van der Waals surface area contributed by atoms with Crippen LogP contribution in [0.15, 0.2) is 42.9 Å². The first-order chi connectivity index (χ1) is 7.34. The molecule has 0 bridgehead atoms. The Hall–Kier alpha value is -1.77. The summed E-state index contributed by atoms with van der Waals surface area (Å²) in [6, 6.07) is 9.65. The van der Waals surface area contributed by atoms with E-state index in [0.717, 1.165) is 5.56 Å². The molecule has 1 heterocycles. The molecule has 0 saturated heterocycles. The van der Waals surface area contributed by atoms with E-state index in [4.69, 9.17) is 9.47 Å². The largest absolute Gasteiger partial charge is 0.459 e. The number of carbonyl (C=O) groups is 1. The fourth-order valence-electron chi connectivity index (χ4n) is 1.45. The van der Waals surface area contributed by atoms with Crippen LogP contribution in [-0.4, -0.2) is 12.1 Å². The predicted molar refractivity (Wildman–Crippen MR) is 54.9 cm³/mol. The summed E-state index contributed by atoms with van der Waals surface area (Å²) < 4.78 is 10.1. The fraction of sp³-hybridized carbons (Fsp3) is 0.250. The van der Waals surface area contributed by atoms with Crippen LogP contribution < -0.4 is 0 Å². The Labute approximate surface area is 88.3 Å². The minimum atomic E-state index is -0.429. The molecule has 0 atom stereocenters. The summed E-state index contributed by atoms with van der Waals surface area (Å²) in [6.07, 6.45) is 3.22. The van der Waals surface area contributed by atoms with Gasteiger partial charge in [-0.05, 0) is 5.56 Å². The first-order valence-corrected chi connectivity index (χ1v) is 4.86. The van der Waals surface area contributed by atoms with E-state index < -0.39 is 6.29 Å². The normalized spacial score (nSPS) is 14.7. The van der Waals surface area contributed by atoms with Gasteiger partial charge in [0.15, 0.2) is 0 Å². The summed E-state index contributed by atoms with van der Waals surface area (Å²) >= 11 is 0. The number of carbonyl (C=O) groups excluding carboxylic acids is 1. The van der Waals surface area contributed by atoms with Crippen LogP contribution in [0.5, 0.6) is 0 Å². The lowest BCUT2D eigenvalue weighted by Gasteiger charge is -2.08. The standard InChI is InChI=1S/C12H12O3/c13-11(9-12-14-6-7-15-12)8-10-4-2-1-3-5-10/h1-7,12H,8-9H2. The number of Topliss-reactive ketones (excluding diaryl/α,β-unsaturated/α-hetero) is 1. The highest BCUT2D eigenvalue weighted by atomic mass is 16.7. The summed E-state index contributed by atoms with van der Waals surface area (Å²) in [5.74, 6) is 0.120. The molecule has 78 valence electrons. The molecule has 0 radical (unpaired) electrons. The average molecular weight is 204 g/mol. The second-order valence-electron chi connectivity index (χ2n) is 3.38. The zero-order valence-corrected chi connectivity index (χ0v) is 8.26. The van der Waals surface area contributed by atoms with Gasteiger partial charge in [-0.1, -0.05) is 30.3 Å². The maximum atomic E-state index is 11.6. The maximum Gasteiger partial charge on any atom is 0.246 e. The lowest BCUT2D eigenvalue weighted by atomic mass is 10.1. The van der Waals surface area contributed by atoms with Gasteiger partial charge in [-0.3, -0.25) is 4.79 Å². The van der Waals surface area contributed by atoms with Crippen LogP contribution in [0.1, 0.15) is 12.0 Å². The van der Waals surface area contributed by atoms with Crippen molar-refractivity contribution in [1.29, 1.82) is 0 Å². The molecule has 3 heteroatoms. The van der Waals surface area contributed by atoms with E-state index in [1.807, 2.05) is 30.3 Å². The molecule has 0 spiro atoms. The smallest absolute Gasteiger partial charge is 0.246 e. The SMILES string of the molecule is O=C(Cc1ccccc1)CC1OC=CO1. The van der Waals surface area contributed by atoms with Crippen LogP contribution in [0.2, 0.25) is 0 Å². The molecule has 1 aromatic rings. The molecule has 1 aromatic carbocycles. The van der Waals surface area contributed by atoms with E-state index >= 15 is 0 Å². The van der Waals surface area contributed by atoms with Crippen molar-refractivity contribution < 1.29 is 14.3 Å². The van der Waals surface area contributed by atoms with Crippen molar-refractivity contribution in [3.63, 3.8) is 0 Å². The highest BCUT2D eigenvalue weighted by Crippen LogP contribution is 2.11. The highest BCUT2D eigenvalue weighted by molar-refractivity contribution is 5.81. The van der Waals surface area contributed by atoms with Crippen molar-refractivity contribution in [2.45, 2.75) is 19.1 Å². The minimum absolute atomic E-state index is 0.120. The van der Waals surface area contributed by atoms with E-state index in [1.165, 1.54) is 12.5 Å². The van der Waals surface area contributed by atoms with Gasteiger partial charge < -0.3 is 9.47 Å².